The fraction of sp³-hybridized carbons (Fsp3) is 0.611. The van der Waals surface area contributed by atoms with E-state index in [2.05, 4.69) is 4.90 Å². The summed E-state index contributed by atoms with van der Waals surface area (Å²) in [4.78, 5) is 15.0. The third-order valence-corrected chi connectivity index (χ3v) is 4.89. The molecule has 1 saturated carbocycles. The van der Waals surface area contributed by atoms with Gasteiger partial charge >= 0.3 is 0 Å². The maximum Gasteiger partial charge on any atom is 0.254 e. The molecule has 5 heteroatoms. The Morgan fingerprint density at radius 1 is 1.13 bits per heavy atom. The van der Waals surface area contributed by atoms with Crippen molar-refractivity contribution in [3.63, 3.8) is 0 Å². The molecule has 1 aliphatic carbocycles. The van der Waals surface area contributed by atoms with Gasteiger partial charge in [-0.05, 0) is 43.4 Å². The van der Waals surface area contributed by atoms with Crippen LogP contribution < -0.4 is 5.73 Å². The third kappa shape index (κ3) is 4.46. The Balaban J connectivity index is 0.00000192. The largest absolute Gasteiger partial charge is 0.376 e. The van der Waals surface area contributed by atoms with Gasteiger partial charge in [0.25, 0.3) is 5.91 Å². The van der Waals surface area contributed by atoms with E-state index in [1.165, 1.54) is 12.8 Å². The SMILES string of the molecule is Cl.NCc1ccc(C(=O)N(CC2CCCO2)C2CCCC2)cc1. The Bertz CT molecular complexity index is 494. The molecule has 1 atom stereocenters. The molecule has 1 unspecified atom stereocenters. The second kappa shape index (κ2) is 8.67. The van der Waals surface area contributed by atoms with Crippen LogP contribution in [0.3, 0.4) is 0 Å². The standard InChI is InChI=1S/C18H26N2O2.ClH/c19-12-14-7-9-15(10-8-14)18(21)20(16-4-1-2-5-16)13-17-6-3-11-22-17;/h7-10,16-17H,1-6,11-13,19H2;1H. The molecule has 2 fully saturated rings. The van der Waals surface area contributed by atoms with Crippen molar-refractivity contribution < 1.29 is 9.53 Å². The summed E-state index contributed by atoms with van der Waals surface area (Å²) in [6, 6.07) is 8.09. The van der Waals surface area contributed by atoms with Gasteiger partial charge in [-0.3, -0.25) is 4.79 Å². The Morgan fingerprint density at radius 2 is 1.83 bits per heavy atom. The summed E-state index contributed by atoms with van der Waals surface area (Å²) in [5, 5.41) is 0. The van der Waals surface area contributed by atoms with Crippen LogP contribution in [0, 0.1) is 0 Å². The third-order valence-electron chi connectivity index (χ3n) is 4.89. The van der Waals surface area contributed by atoms with Gasteiger partial charge < -0.3 is 15.4 Å². The minimum atomic E-state index is 0. The summed E-state index contributed by atoms with van der Waals surface area (Å²) in [6.45, 7) is 2.08. The lowest BCUT2D eigenvalue weighted by atomic mass is 10.1. The predicted molar refractivity (Wildman–Crippen MR) is 93.8 cm³/mol. The van der Waals surface area contributed by atoms with E-state index in [9.17, 15) is 4.79 Å². The van der Waals surface area contributed by atoms with Crippen molar-refractivity contribution in [2.45, 2.75) is 57.2 Å². The number of nitrogens with two attached hydrogens (primary N) is 1. The first-order chi connectivity index (χ1) is 10.8. The van der Waals surface area contributed by atoms with Gasteiger partial charge in [0.05, 0.1) is 6.10 Å². The molecule has 23 heavy (non-hydrogen) atoms. The molecule has 1 saturated heterocycles. The van der Waals surface area contributed by atoms with Crippen molar-refractivity contribution in [1.82, 2.24) is 4.90 Å². The van der Waals surface area contributed by atoms with Gasteiger partial charge in [0.2, 0.25) is 0 Å². The number of carbonyl (C=O) groups excluding carboxylic acids is 1. The molecule has 0 aromatic heterocycles. The molecule has 4 nitrogen and oxygen atoms in total. The summed E-state index contributed by atoms with van der Waals surface area (Å²) in [6.07, 6.45) is 7.11. The molecular weight excluding hydrogens is 312 g/mol. The Hall–Kier alpha value is -1.10. The Morgan fingerprint density at radius 3 is 2.39 bits per heavy atom. The van der Waals surface area contributed by atoms with Gasteiger partial charge in [0, 0.05) is 31.3 Å². The molecular formula is C18H27ClN2O2. The molecule has 2 aliphatic rings. The maximum absolute atomic E-state index is 13.0. The van der Waals surface area contributed by atoms with Crippen LogP contribution in [-0.4, -0.2) is 36.1 Å². The van der Waals surface area contributed by atoms with E-state index in [1.807, 2.05) is 24.3 Å². The van der Waals surface area contributed by atoms with Crippen LogP contribution in [0.4, 0.5) is 0 Å². The van der Waals surface area contributed by atoms with Crippen molar-refractivity contribution >= 4 is 18.3 Å². The van der Waals surface area contributed by atoms with Gasteiger partial charge in [-0.15, -0.1) is 12.4 Å². The lowest BCUT2D eigenvalue weighted by molar-refractivity contribution is 0.0420. The summed E-state index contributed by atoms with van der Waals surface area (Å²) >= 11 is 0. The van der Waals surface area contributed by atoms with Crippen molar-refractivity contribution in [3.05, 3.63) is 35.4 Å². The highest BCUT2D eigenvalue weighted by molar-refractivity contribution is 5.94. The molecule has 1 aromatic carbocycles. The van der Waals surface area contributed by atoms with Gasteiger partial charge in [-0.1, -0.05) is 25.0 Å². The molecule has 1 aromatic rings. The molecule has 0 spiro atoms. The van der Waals surface area contributed by atoms with E-state index in [0.717, 1.165) is 50.0 Å². The number of nitrogens with zero attached hydrogens (tertiary/aromatic N) is 1. The number of carbonyl (C=O) groups is 1. The summed E-state index contributed by atoms with van der Waals surface area (Å²) < 4.78 is 5.76. The zero-order valence-corrected chi connectivity index (χ0v) is 14.4. The number of halogens is 1. The molecule has 3 rings (SSSR count). The lowest BCUT2D eigenvalue weighted by Crippen LogP contribution is -2.43. The topological polar surface area (TPSA) is 55.6 Å². The summed E-state index contributed by atoms with van der Waals surface area (Å²) in [7, 11) is 0. The first-order valence-corrected chi connectivity index (χ1v) is 8.49. The Labute approximate surface area is 144 Å². The van der Waals surface area contributed by atoms with Crippen LogP contribution >= 0.6 is 12.4 Å². The van der Waals surface area contributed by atoms with Gasteiger partial charge in [-0.25, -0.2) is 0 Å². The minimum absolute atomic E-state index is 0. The normalized spacial score (nSPS) is 21.2. The zero-order valence-electron chi connectivity index (χ0n) is 13.6. The maximum atomic E-state index is 13.0. The highest BCUT2D eigenvalue weighted by Crippen LogP contribution is 2.27. The van der Waals surface area contributed by atoms with Crippen molar-refractivity contribution in [1.29, 1.82) is 0 Å². The average Bonchev–Trinajstić information content (AvgIpc) is 3.25. The zero-order chi connectivity index (χ0) is 15.4. The number of amides is 1. The van der Waals surface area contributed by atoms with Crippen molar-refractivity contribution in [2.24, 2.45) is 5.73 Å². The first-order valence-electron chi connectivity index (χ1n) is 8.49. The molecule has 0 radical (unpaired) electrons. The smallest absolute Gasteiger partial charge is 0.254 e. The Kier molecular flexibility index (Phi) is 6.88. The first kappa shape index (κ1) is 18.2. The highest BCUT2D eigenvalue weighted by atomic mass is 35.5. The molecule has 128 valence electrons. The van der Waals surface area contributed by atoms with Crippen LogP contribution in [0.15, 0.2) is 24.3 Å². The van der Waals surface area contributed by atoms with Crippen LogP contribution in [0.25, 0.3) is 0 Å². The second-order valence-electron chi connectivity index (χ2n) is 6.43. The molecule has 1 heterocycles. The van der Waals surface area contributed by atoms with Gasteiger partial charge in [0.1, 0.15) is 0 Å². The predicted octanol–water partition coefficient (Wildman–Crippen LogP) is 3.13. The number of rotatable bonds is 5. The van der Waals surface area contributed by atoms with E-state index in [4.69, 9.17) is 10.5 Å². The van der Waals surface area contributed by atoms with E-state index in [0.29, 0.717) is 12.6 Å². The van der Waals surface area contributed by atoms with Crippen LogP contribution in [0.5, 0.6) is 0 Å². The fourth-order valence-electron chi connectivity index (χ4n) is 3.57. The van der Waals surface area contributed by atoms with Gasteiger partial charge in [-0.2, -0.15) is 0 Å². The van der Waals surface area contributed by atoms with E-state index < -0.39 is 0 Å². The van der Waals surface area contributed by atoms with Gasteiger partial charge in [0.15, 0.2) is 0 Å². The number of ether oxygens (including phenoxy) is 1. The van der Waals surface area contributed by atoms with Crippen LogP contribution in [0.1, 0.15) is 54.4 Å². The molecule has 2 N–H and O–H groups in total. The second-order valence-corrected chi connectivity index (χ2v) is 6.43. The number of hydrogen-bond acceptors (Lipinski definition) is 3. The van der Waals surface area contributed by atoms with E-state index >= 15 is 0 Å². The quantitative estimate of drug-likeness (QED) is 0.897. The lowest BCUT2D eigenvalue weighted by Gasteiger charge is -2.31. The fourth-order valence-corrected chi connectivity index (χ4v) is 3.57. The summed E-state index contributed by atoms with van der Waals surface area (Å²) in [5.74, 6) is 0.144. The van der Waals surface area contributed by atoms with Crippen molar-refractivity contribution in [3.8, 4) is 0 Å². The highest BCUT2D eigenvalue weighted by Gasteiger charge is 2.30. The number of benzene rings is 1. The van der Waals surface area contributed by atoms with E-state index in [1.54, 1.807) is 0 Å². The number of hydrogen-bond donors (Lipinski definition) is 1. The van der Waals surface area contributed by atoms with Crippen molar-refractivity contribution in [2.75, 3.05) is 13.2 Å². The average molecular weight is 339 g/mol. The van der Waals surface area contributed by atoms with E-state index in [-0.39, 0.29) is 24.4 Å². The molecule has 1 aliphatic heterocycles. The molecule has 0 bridgehead atoms. The minimum Gasteiger partial charge on any atom is -0.376 e. The molecule has 1 amide bonds. The van der Waals surface area contributed by atoms with Crippen LogP contribution in [-0.2, 0) is 11.3 Å². The van der Waals surface area contributed by atoms with Crippen LogP contribution in [0.2, 0.25) is 0 Å². The summed E-state index contributed by atoms with van der Waals surface area (Å²) in [5.41, 5.74) is 7.46. The monoisotopic (exact) mass is 338 g/mol.